The molecule has 0 heterocycles. The zero-order valence-electron chi connectivity index (χ0n) is 17.2. The molecule has 2 amide bonds. The Morgan fingerprint density at radius 3 is 2.38 bits per heavy atom. The predicted octanol–water partition coefficient (Wildman–Crippen LogP) is 3.75. The van der Waals surface area contributed by atoms with Crippen LogP contribution in [0.5, 0.6) is 0 Å². The molecule has 7 nitrogen and oxygen atoms in total. The number of anilines is 1. The maximum absolute atomic E-state index is 12.6. The van der Waals surface area contributed by atoms with Crippen LogP contribution in [-0.2, 0) is 30.5 Å². The van der Waals surface area contributed by atoms with Gasteiger partial charge in [0.2, 0.25) is 6.10 Å². The first-order valence-electron chi connectivity index (χ1n) is 9.84. The van der Waals surface area contributed by atoms with E-state index in [0.29, 0.717) is 22.2 Å². The van der Waals surface area contributed by atoms with E-state index in [4.69, 9.17) is 32.7 Å². The Kier molecular flexibility index (Phi) is 8.27. The zero-order chi connectivity index (χ0) is 23.1. The van der Waals surface area contributed by atoms with Gasteiger partial charge in [-0.05, 0) is 30.2 Å². The van der Waals surface area contributed by atoms with Crippen molar-refractivity contribution in [1.29, 1.82) is 0 Å². The fourth-order valence-electron chi connectivity index (χ4n) is 3.24. The predicted molar refractivity (Wildman–Crippen MR) is 121 cm³/mol. The van der Waals surface area contributed by atoms with Crippen molar-refractivity contribution >= 4 is 46.7 Å². The highest BCUT2D eigenvalue weighted by Crippen LogP contribution is 2.23. The minimum absolute atomic E-state index is 0.181. The molecule has 3 atom stereocenters. The molecule has 0 fully saturated rings. The normalized spacial score (nSPS) is 18.1. The molecule has 3 rings (SSSR count). The summed E-state index contributed by atoms with van der Waals surface area (Å²) in [6, 6.07) is 13.5. The van der Waals surface area contributed by atoms with E-state index in [1.807, 2.05) is 30.3 Å². The van der Waals surface area contributed by atoms with E-state index in [1.165, 1.54) is 25.3 Å². The van der Waals surface area contributed by atoms with E-state index in [1.54, 1.807) is 12.2 Å². The second-order valence-electron chi connectivity index (χ2n) is 7.20. The van der Waals surface area contributed by atoms with Gasteiger partial charge in [-0.2, -0.15) is 0 Å². The highest BCUT2D eigenvalue weighted by molar-refractivity contribution is 6.35. The Balaban J connectivity index is 1.50. The van der Waals surface area contributed by atoms with Crippen LogP contribution < -0.4 is 10.6 Å². The van der Waals surface area contributed by atoms with Gasteiger partial charge < -0.3 is 20.1 Å². The quantitative estimate of drug-likeness (QED) is 0.343. The van der Waals surface area contributed by atoms with Crippen molar-refractivity contribution in [3.63, 3.8) is 0 Å². The summed E-state index contributed by atoms with van der Waals surface area (Å²) in [6.07, 6.45) is 2.33. The third kappa shape index (κ3) is 6.56. The van der Waals surface area contributed by atoms with Gasteiger partial charge in [-0.3, -0.25) is 14.4 Å². The number of ether oxygens (including phenoxy) is 2. The number of halogens is 2. The Morgan fingerprint density at radius 1 is 1.03 bits per heavy atom. The maximum Gasteiger partial charge on any atom is 0.313 e. The van der Waals surface area contributed by atoms with E-state index >= 15 is 0 Å². The van der Waals surface area contributed by atoms with Gasteiger partial charge in [0.25, 0.3) is 11.8 Å². The van der Waals surface area contributed by atoms with Gasteiger partial charge in [0, 0.05) is 28.9 Å². The van der Waals surface area contributed by atoms with Crippen LogP contribution in [0.25, 0.3) is 0 Å². The summed E-state index contributed by atoms with van der Waals surface area (Å²) in [7, 11) is 1.25. The minimum atomic E-state index is -1.40. The Labute approximate surface area is 195 Å². The molecule has 1 unspecified atom stereocenters. The summed E-state index contributed by atoms with van der Waals surface area (Å²) in [5.74, 6) is -2.16. The third-order valence-electron chi connectivity index (χ3n) is 4.78. The molecule has 0 spiro atoms. The van der Waals surface area contributed by atoms with Crippen LogP contribution in [-0.4, -0.2) is 37.0 Å². The first-order valence-corrected chi connectivity index (χ1v) is 10.6. The van der Waals surface area contributed by atoms with E-state index in [9.17, 15) is 14.4 Å². The maximum atomic E-state index is 12.6. The SMILES string of the molecule is COC(C(=O)Nc1cc(Cl)cc(Cl)c1)C(=O)N[C@H]1C=C[C@@H](C(=O)OCc2ccccc2)C1. The van der Waals surface area contributed by atoms with Gasteiger partial charge in [-0.15, -0.1) is 0 Å². The molecular formula is C23H22Cl2N2O5. The van der Waals surface area contributed by atoms with Crippen LogP contribution in [0, 0.1) is 5.92 Å². The average molecular weight is 477 g/mol. The molecule has 1 aliphatic carbocycles. The van der Waals surface area contributed by atoms with Gasteiger partial charge in [0.1, 0.15) is 6.61 Å². The summed E-state index contributed by atoms with van der Waals surface area (Å²) < 4.78 is 10.4. The number of hydrogen-bond acceptors (Lipinski definition) is 5. The van der Waals surface area contributed by atoms with Gasteiger partial charge in [-0.25, -0.2) is 0 Å². The molecule has 9 heteroatoms. The topological polar surface area (TPSA) is 93.7 Å². The van der Waals surface area contributed by atoms with E-state index < -0.39 is 29.9 Å². The smallest absolute Gasteiger partial charge is 0.313 e. The lowest BCUT2D eigenvalue weighted by Gasteiger charge is -2.18. The Hall–Kier alpha value is -2.87. The number of benzene rings is 2. The minimum Gasteiger partial charge on any atom is -0.460 e. The molecule has 2 aromatic rings. The van der Waals surface area contributed by atoms with Crippen LogP contribution in [0.4, 0.5) is 5.69 Å². The van der Waals surface area contributed by atoms with Gasteiger partial charge in [0.15, 0.2) is 0 Å². The van der Waals surface area contributed by atoms with Crippen LogP contribution >= 0.6 is 23.2 Å². The third-order valence-corrected chi connectivity index (χ3v) is 5.22. The largest absolute Gasteiger partial charge is 0.460 e. The van der Waals surface area contributed by atoms with Crippen molar-refractivity contribution in [2.45, 2.75) is 25.2 Å². The number of carbonyl (C=O) groups excluding carboxylic acids is 3. The number of amides is 2. The number of methoxy groups -OCH3 is 1. The summed E-state index contributed by atoms with van der Waals surface area (Å²) in [4.78, 5) is 37.4. The molecular weight excluding hydrogens is 455 g/mol. The molecule has 0 aromatic heterocycles. The first-order chi connectivity index (χ1) is 15.4. The van der Waals surface area contributed by atoms with Crippen molar-refractivity contribution in [3.05, 3.63) is 76.3 Å². The fourth-order valence-corrected chi connectivity index (χ4v) is 3.77. The highest BCUT2D eigenvalue weighted by atomic mass is 35.5. The van der Waals surface area contributed by atoms with E-state index in [0.717, 1.165) is 5.56 Å². The molecule has 0 saturated heterocycles. The fraction of sp³-hybridized carbons (Fsp3) is 0.261. The molecule has 0 aliphatic heterocycles. The van der Waals surface area contributed by atoms with Crippen LogP contribution in [0.2, 0.25) is 10.0 Å². The molecule has 0 radical (unpaired) electrons. The van der Waals surface area contributed by atoms with Crippen molar-refractivity contribution in [2.75, 3.05) is 12.4 Å². The second kappa shape index (κ2) is 11.1. The number of nitrogens with one attached hydrogen (secondary N) is 2. The molecule has 0 bridgehead atoms. The molecule has 2 N–H and O–H groups in total. The van der Waals surface area contributed by atoms with E-state index in [-0.39, 0.29) is 12.6 Å². The molecule has 1 aliphatic rings. The van der Waals surface area contributed by atoms with Crippen molar-refractivity contribution < 1.29 is 23.9 Å². The standard InChI is InChI=1S/C23H22Cl2N2O5/c1-31-20(22(29)27-19-11-16(24)10-17(25)12-19)21(28)26-18-8-7-15(9-18)23(30)32-13-14-5-3-2-4-6-14/h2-8,10-12,15,18,20H,9,13H2,1H3,(H,26,28)(H,27,29)/t15-,18+,20?/m1/s1. The molecule has 0 saturated carbocycles. The summed E-state index contributed by atoms with van der Waals surface area (Å²) in [5.41, 5.74) is 1.23. The van der Waals surface area contributed by atoms with Gasteiger partial charge in [0.05, 0.1) is 5.92 Å². The number of rotatable bonds is 8. The Bertz CT molecular complexity index is 992. The lowest BCUT2D eigenvalue weighted by atomic mass is 10.1. The molecule has 2 aromatic carbocycles. The monoisotopic (exact) mass is 476 g/mol. The number of esters is 1. The molecule has 32 heavy (non-hydrogen) atoms. The van der Waals surface area contributed by atoms with Crippen molar-refractivity contribution in [2.24, 2.45) is 5.92 Å². The lowest BCUT2D eigenvalue weighted by molar-refractivity contribution is -0.148. The van der Waals surface area contributed by atoms with Crippen molar-refractivity contribution in [3.8, 4) is 0 Å². The number of hydrogen-bond donors (Lipinski definition) is 2. The Morgan fingerprint density at radius 2 is 1.72 bits per heavy atom. The summed E-state index contributed by atoms with van der Waals surface area (Å²) in [6.45, 7) is 0.181. The average Bonchev–Trinajstić information content (AvgIpc) is 3.21. The summed E-state index contributed by atoms with van der Waals surface area (Å²) >= 11 is 11.9. The van der Waals surface area contributed by atoms with Crippen LogP contribution in [0.1, 0.15) is 12.0 Å². The van der Waals surface area contributed by atoms with Gasteiger partial charge in [-0.1, -0.05) is 65.7 Å². The first kappa shape index (κ1) is 23.8. The van der Waals surface area contributed by atoms with Gasteiger partial charge >= 0.3 is 5.97 Å². The molecule has 168 valence electrons. The lowest BCUT2D eigenvalue weighted by Crippen LogP contribution is -2.47. The second-order valence-corrected chi connectivity index (χ2v) is 8.07. The van der Waals surface area contributed by atoms with E-state index in [2.05, 4.69) is 10.6 Å². The van der Waals surface area contributed by atoms with Crippen molar-refractivity contribution in [1.82, 2.24) is 5.32 Å². The van der Waals surface area contributed by atoms with Crippen LogP contribution in [0.3, 0.4) is 0 Å². The van der Waals surface area contributed by atoms with Crippen LogP contribution in [0.15, 0.2) is 60.7 Å². The summed E-state index contributed by atoms with van der Waals surface area (Å²) in [5, 5.41) is 5.94. The highest BCUT2D eigenvalue weighted by Gasteiger charge is 2.32. The number of carbonyl (C=O) groups is 3. The zero-order valence-corrected chi connectivity index (χ0v) is 18.7.